The van der Waals surface area contributed by atoms with E-state index in [0.717, 1.165) is 12.8 Å². The summed E-state index contributed by atoms with van der Waals surface area (Å²) in [5, 5.41) is 0. The van der Waals surface area contributed by atoms with Crippen LogP contribution >= 0.6 is 0 Å². The lowest BCUT2D eigenvalue weighted by Gasteiger charge is -2.10. The molecule has 0 radical (unpaired) electrons. The van der Waals surface area contributed by atoms with Crippen molar-refractivity contribution in [2.45, 2.75) is 26.7 Å². The number of carbonyl (C=O) groups is 2. The lowest BCUT2D eigenvalue weighted by Crippen LogP contribution is -2.15. The van der Waals surface area contributed by atoms with Crippen molar-refractivity contribution in [3.05, 3.63) is 34.9 Å². The number of unbranched alkanes of at least 4 members (excludes halogenated alkanes) is 1. The highest BCUT2D eigenvalue weighted by Crippen LogP contribution is 2.16. The molecule has 1 rings (SSSR count). The Kier molecular flexibility index (Phi) is 5.36. The molecule has 0 saturated heterocycles. The van der Waals surface area contributed by atoms with Crippen molar-refractivity contribution in [2.24, 2.45) is 0 Å². The Labute approximate surface area is 107 Å². The molecule has 1 aromatic rings. The number of ether oxygens (including phenoxy) is 2. The second-order valence-electron chi connectivity index (χ2n) is 3.98. The fraction of sp³-hybridized carbons (Fsp3) is 0.429. The minimum Gasteiger partial charge on any atom is -0.465 e. The summed E-state index contributed by atoms with van der Waals surface area (Å²) in [5.41, 5.74) is 1.24. The summed E-state index contributed by atoms with van der Waals surface area (Å²) in [6.45, 7) is 4.14. The Hall–Kier alpha value is -1.84. The largest absolute Gasteiger partial charge is 0.465 e. The molecule has 4 heteroatoms. The molecule has 4 nitrogen and oxygen atoms in total. The molecule has 0 atom stereocenters. The second-order valence-corrected chi connectivity index (χ2v) is 3.98. The molecule has 0 aliphatic rings. The molecule has 0 unspecified atom stereocenters. The van der Waals surface area contributed by atoms with Gasteiger partial charge in [-0.15, -0.1) is 0 Å². The average Bonchev–Trinajstić information content (AvgIpc) is 2.37. The van der Waals surface area contributed by atoms with Gasteiger partial charge in [-0.2, -0.15) is 0 Å². The van der Waals surface area contributed by atoms with Crippen molar-refractivity contribution in [3.63, 3.8) is 0 Å². The monoisotopic (exact) mass is 250 g/mol. The lowest BCUT2D eigenvalue weighted by molar-refractivity contribution is 0.0481. The van der Waals surface area contributed by atoms with Crippen LogP contribution in [0, 0.1) is 6.92 Å². The van der Waals surface area contributed by atoms with Gasteiger partial charge in [-0.05, 0) is 25.0 Å². The van der Waals surface area contributed by atoms with E-state index in [1.54, 1.807) is 25.1 Å². The van der Waals surface area contributed by atoms with Crippen molar-refractivity contribution >= 4 is 11.9 Å². The first kappa shape index (κ1) is 14.2. The van der Waals surface area contributed by atoms with E-state index in [1.165, 1.54) is 7.11 Å². The number of hydrogen-bond acceptors (Lipinski definition) is 4. The summed E-state index contributed by atoms with van der Waals surface area (Å²) in [4.78, 5) is 23.5. The minimum absolute atomic E-state index is 0.262. The fourth-order valence-electron chi connectivity index (χ4n) is 1.60. The third-order valence-corrected chi connectivity index (χ3v) is 2.61. The summed E-state index contributed by atoms with van der Waals surface area (Å²) in [6.07, 6.45) is 1.76. The molecule has 18 heavy (non-hydrogen) atoms. The number of benzene rings is 1. The Bertz CT molecular complexity index is 437. The van der Waals surface area contributed by atoms with Crippen LogP contribution in [0.15, 0.2) is 18.2 Å². The summed E-state index contributed by atoms with van der Waals surface area (Å²) in [5.74, 6) is -0.997. The highest BCUT2D eigenvalue weighted by molar-refractivity contribution is 6.04. The number of aryl methyl sites for hydroxylation is 1. The first-order valence-electron chi connectivity index (χ1n) is 5.96. The van der Waals surface area contributed by atoms with E-state index >= 15 is 0 Å². The third-order valence-electron chi connectivity index (χ3n) is 2.61. The Morgan fingerprint density at radius 2 is 1.94 bits per heavy atom. The maximum atomic E-state index is 11.9. The van der Waals surface area contributed by atoms with E-state index < -0.39 is 11.9 Å². The summed E-state index contributed by atoms with van der Waals surface area (Å²) >= 11 is 0. The standard InChI is InChI=1S/C14H18O4/c1-4-5-9-18-13(15)11-8-6-7-10(2)12(11)14(16)17-3/h6-8H,4-5,9H2,1-3H3. The molecule has 0 spiro atoms. The first-order valence-corrected chi connectivity index (χ1v) is 5.96. The van der Waals surface area contributed by atoms with Crippen LogP contribution in [0.2, 0.25) is 0 Å². The molecule has 0 aliphatic heterocycles. The normalized spacial score (nSPS) is 9.94. The molecule has 98 valence electrons. The van der Waals surface area contributed by atoms with Crippen LogP contribution in [0.4, 0.5) is 0 Å². The molecule has 0 fully saturated rings. The molecule has 0 amide bonds. The summed E-state index contributed by atoms with van der Waals surface area (Å²) in [6, 6.07) is 5.06. The quantitative estimate of drug-likeness (QED) is 0.595. The topological polar surface area (TPSA) is 52.6 Å². The molecular weight excluding hydrogens is 232 g/mol. The van der Waals surface area contributed by atoms with Crippen LogP contribution < -0.4 is 0 Å². The molecule has 0 saturated carbocycles. The Morgan fingerprint density at radius 3 is 2.56 bits per heavy atom. The van der Waals surface area contributed by atoms with Crippen molar-refractivity contribution < 1.29 is 19.1 Å². The predicted octanol–water partition coefficient (Wildman–Crippen LogP) is 2.74. The van der Waals surface area contributed by atoms with E-state index in [1.807, 2.05) is 6.92 Å². The number of rotatable bonds is 5. The van der Waals surface area contributed by atoms with Gasteiger partial charge in [0.25, 0.3) is 0 Å². The molecule has 0 bridgehead atoms. The smallest absolute Gasteiger partial charge is 0.339 e. The number of methoxy groups -OCH3 is 1. The van der Waals surface area contributed by atoms with E-state index in [0.29, 0.717) is 12.2 Å². The number of esters is 2. The van der Waals surface area contributed by atoms with E-state index in [2.05, 4.69) is 4.74 Å². The van der Waals surface area contributed by atoms with Crippen LogP contribution in [0.1, 0.15) is 46.0 Å². The van der Waals surface area contributed by atoms with Gasteiger partial charge in [-0.1, -0.05) is 25.5 Å². The molecule has 0 aliphatic carbocycles. The van der Waals surface area contributed by atoms with Gasteiger partial charge >= 0.3 is 11.9 Å². The zero-order valence-corrected chi connectivity index (χ0v) is 11.0. The van der Waals surface area contributed by atoms with Gasteiger partial charge in [0.05, 0.1) is 24.8 Å². The van der Waals surface area contributed by atoms with Crippen LogP contribution in [-0.4, -0.2) is 25.7 Å². The molecule has 1 aromatic carbocycles. The molecular formula is C14H18O4. The highest BCUT2D eigenvalue weighted by atomic mass is 16.5. The molecule has 0 aromatic heterocycles. The van der Waals surface area contributed by atoms with Crippen molar-refractivity contribution in [1.82, 2.24) is 0 Å². The lowest BCUT2D eigenvalue weighted by atomic mass is 10.0. The Morgan fingerprint density at radius 1 is 1.22 bits per heavy atom. The first-order chi connectivity index (χ1) is 8.61. The summed E-state index contributed by atoms with van der Waals surface area (Å²) < 4.78 is 9.80. The third kappa shape index (κ3) is 3.32. The van der Waals surface area contributed by atoms with E-state index in [-0.39, 0.29) is 11.1 Å². The van der Waals surface area contributed by atoms with Gasteiger partial charge in [0.15, 0.2) is 0 Å². The zero-order chi connectivity index (χ0) is 13.5. The van der Waals surface area contributed by atoms with Gasteiger partial charge in [0.1, 0.15) is 0 Å². The number of hydrogen-bond donors (Lipinski definition) is 0. The van der Waals surface area contributed by atoms with E-state index in [9.17, 15) is 9.59 Å². The van der Waals surface area contributed by atoms with Crippen LogP contribution in [0.5, 0.6) is 0 Å². The van der Waals surface area contributed by atoms with Gasteiger partial charge < -0.3 is 9.47 Å². The second kappa shape index (κ2) is 6.79. The van der Waals surface area contributed by atoms with Crippen LogP contribution in [0.25, 0.3) is 0 Å². The van der Waals surface area contributed by atoms with Crippen molar-refractivity contribution in [2.75, 3.05) is 13.7 Å². The highest BCUT2D eigenvalue weighted by Gasteiger charge is 2.20. The molecule has 0 heterocycles. The SMILES string of the molecule is CCCCOC(=O)c1cccc(C)c1C(=O)OC. The zero-order valence-electron chi connectivity index (χ0n) is 11.0. The van der Waals surface area contributed by atoms with Crippen molar-refractivity contribution in [1.29, 1.82) is 0 Å². The molecule has 0 N–H and O–H groups in total. The van der Waals surface area contributed by atoms with Gasteiger partial charge in [-0.3, -0.25) is 0 Å². The summed E-state index contributed by atoms with van der Waals surface area (Å²) in [7, 11) is 1.29. The fourth-order valence-corrected chi connectivity index (χ4v) is 1.60. The van der Waals surface area contributed by atoms with Crippen LogP contribution in [0.3, 0.4) is 0 Å². The number of carbonyl (C=O) groups excluding carboxylic acids is 2. The Balaban J connectivity index is 2.97. The van der Waals surface area contributed by atoms with Gasteiger partial charge in [0.2, 0.25) is 0 Å². The predicted molar refractivity (Wildman–Crippen MR) is 67.7 cm³/mol. The van der Waals surface area contributed by atoms with Gasteiger partial charge in [-0.25, -0.2) is 9.59 Å². The maximum Gasteiger partial charge on any atom is 0.339 e. The van der Waals surface area contributed by atoms with E-state index in [4.69, 9.17) is 4.74 Å². The minimum atomic E-state index is -0.518. The average molecular weight is 250 g/mol. The van der Waals surface area contributed by atoms with Crippen molar-refractivity contribution in [3.8, 4) is 0 Å². The van der Waals surface area contributed by atoms with Crippen LogP contribution in [-0.2, 0) is 9.47 Å². The maximum absolute atomic E-state index is 11.9. The van der Waals surface area contributed by atoms with Gasteiger partial charge in [0, 0.05) is 0 Å².